The molecule has 1 amide bonds. The first-order chi connectivity index (χ1) is 22.8. The first-order valence-corrected chi connectivity index (χ1v) is 15.8. The van der Waals surface area contributed by atoms with Crippen molar-refractivity contribution < 1.29 is 23.5 Å². The number of methoxy groups -OCH3 is 1. The summed E-state index contributed by atoms with van der Waals surface area (Å²) in [6.45, 7) is 2.10. The van der Waals surface area contributed by atoms with Crippen molar-refractivity contribution in [2.75, 3.05) is 46.2 Å². The molecule has 0 aliphatic carbocycles. The summed E-state index contributed by atoms with van der Waals surface area (Å²) in [4.78, 5) is 39.3. The highest BCUT2D eigenvalue weighted by molar-refractivity contribution is 6.31. The number of aryl methyl sites for hydroxylation is 1. The van der Waals surface area contributed by atoms with Crippen molar-refractivity contribution >= 4 is 46.2 Å². The molecule has 6 N–H and O–H groups in total. The molecule has 4 aromatic rings. The van der Waals surface area contributed by atoms with Gasteiger partial charge in [-0.3, -0.25) is 4.79 Å². The average Bonchev–Trinajstić information content (AvgIpc) is 3.51. The van der Waals surface area contributed by atoms with Crippen LogP contribution in [0.3, 0.4) is 0 Å². The number of ether oxygens (including phenoxy) is 2. The summed E-state index contributed by atoms with van der Waals surface area (Å²) in [7, 11) is 5.05. The van der Waals surface area contributed by atoms with Crippen LogP contribution in [-0.4, -0.2) is 77.9 Å². The van der Waals surface area contributed by atoms with Crippen molar-refractivity contribution in [3.8, 4) is 11.5 Å². The summed E-state index contributed by atoms with van der Waals surface area (Å²) in [5, 5.41) is 3.91. The number of nitrogens with one attached hydrogen (secondary N) is 2. The van der Waals surface area contributed by atoms with E-state index in [2.05, 4.69) is 35.9 Å². The van der Waals surface area contributed by atoms with Crippen LogP contribution < -0.4 is 26.3 Å². The molecule has 1 fully saturated rings. The number of carbonyl (C=O) groups excluding carboxylic acids is 2. The van der Waals surface area contributed by atoms with Crippen LogP contribution in [0.1, 0.15) is 43.6 Å². The smallest absolute Gasteiger partial charge is 0.223 e. The van der Waals surface area contributed by atoms with E-state index in [9.17, 15) is 14.0 Å². The van der Waals surface area contributed by atoms with Gasteiger partial charge >= 0.3 is 0 Å². The van der Waals surface area contributed by atoms with E-state index in [1.165, 1.54) is 25.5 Å². The highest BCUT2D eigenvalue weighted by atomic mass is 35.5. The zero-order valence-electron chi connectivity index (χ0n) is 27.1. The molecule has 14 heteroatoms. The maximum atomic E-state index is 13.5. The van der Waals surface area contributed by atoms with Crippen LogP contribution in [0.2, 0.25) is 5.02 Å². The lowest BCUT2D eigenvalue weighted by molar-refractivity contribution is -0.126. The number of benzene rings is 2. The van der Waals surface area contributed by atoms with Gasteiger partial charge in [-0.25, -0.2) is 19.3 Å². The van der Waals surface area contributed by atoms with Crippen LogP contribution >= 0.6 is 11.6 Å². The number of H-pyrrole nitrogens is 1. The molecule has 3 heterocycles. The van der Waals surface area contributed by atoms with E-state index in [4.69, 9.17) is 26.8 Å². The largest absolute Gasteiger partial charge is 0.493 e. The third-order valence-electron chi connectivity index (χ3n) is 7.37. The lowest BCUT2D eigenvalue weighted by Gasteiger charge is -2.33. The van der Waals surface area contributed by atoms with Crippen LogP contribution in [0.25, 0.3) is 10.9 Å². The first kappa shape index (κ1) is 37.1. The number of nitrogens with zero attached hydrogens (tertiary/aromatic N) is 4. The number of anilines is 2. The van der Waals surface area contributed by atoms with Crippen LogP contribution in [0, 0.1) is 11.7 Å². The second kappa shape index (κ2) is 19.4. The number of likely N-dealkylation sites (tertiary alicyclic amines) is 1. The molecule has 5 rings (SSSR count). The summed E-state index contributed by atoms with van der Waals surface area (Å²) < 4.78 is 25.1. The van der Waals surface area contributed by atoms with E-state index in [-0.39, 0.29) is 16.8 Å². The maximum absolute atomic E-state index is 13.5. The molecule has 0 spiro atoms. The molecule has 1 saturated heterocycles. The molecule has 2 aromatic carbocycles. The Balaban J connectivity index is 0.000000518. The fraction of sp³-hybridized carbons (Fsp3) is 0.424. The Labute approximate surface area is 279 Å². The number of nitrogens with two attached hydrogens (primary N) is 2. The zero-order valence-corrected chi connectivity index (χ0v) is 27.9. The third kappa shape index (κ3) is 11.5. The average molecular weight is 671 g/mol. The van der Waals surface area contributed by atoms with E-state index >= 15 is 0 Å². The SMILES string of the molecule is CN.CN1CC(C(N)=O)C1.COc1cc2ncnc(Nc3ccc(F)c(Cl)c3)c2cc1OCCc1cnc(CCCCCCC=O)[nH]1. The Kier molecular flexibility index (Phi) is 15.3. The van der Waals surface area contributed by atoms with E-state index in [1.807, 2.05) is 19.3 Å². The van der Waals surface area contributed by atoms with Crippen molar-refractivity contribution in [3.05, 3.63) is 65.2 Å². The van der Waals surface area contributed by atoms with Gasteiger partial charge in [0.1, 0.15) is 30.1 Å². The number of aldehydes is 1. The van der Waals surface area contributed by atoms with Gasteiger partial charge in [-0.05, 0) is 51.2 Å². The summed E-state index contributed by atoms with van der Waals surface area (Å²) in [6.07, 6.45) is 10.6. The molecule has 2 aromatic heterocycles. The number of hydrogen-bond acceptors (Lipinski definition) is 10. The van der Waals surface area contributed by atoms with Crippen molar-refractivity contribution in [1.29, 1.82) is 0 Å². The normalized spacial score (nSPS) is 12.6. The first-order valence-electron chi connectivity index (χ1n) is 15.5. The number of amides is 1. The fourth-order valence-electron chi connectivity index (χ4n) is 4.83. The van der Waals surface area contributed by atoms with Gasteiger partial charge in [-0.2, -0.15) is 0 Å². The second-order valence-corrected chi connectivity index (χ2v) is 11.3. The predicted molar refractivity (Wildman–Crippen MR) is 182 cm³/mol. The number of fused-ring (bicyclic) bond motifs is 1. The Morgan fingerprint density at radius 3 is 2.53 bits per heavy atom. The number of halogens is 2. The molecular weight excluding hydrogens is 627 g/mol. The van der Waals surface area contributed by atoms with Crippen LogP contribution in [0.5, 0.6) is 11.5 Å². The molecule has 1 aliphatic rings. The molecule has 1 aliphatic heterocycles. The minimum atomic E-state index is -0.490. The molecule has 47 heavy (non-hydrogen) atoms. The van der Waals surface area contributed by atoms with Crippen molar-refractivity contribution in [1.82, 2.24) is 24.8 Å². The quantitative estimate of drug-likeness (QED) is 0.101. The lowest BCUT2D eigenvalue weighted by atomic mass is 10.0. The number of hydrogen-bond donors (Lipinski definition) is 4. The molecule has 12 nitrogen and oxygen atoms in total. The molecule has 254 valence electrons. The molecule has 0 atom stereocenters. The van der Waals surface area contributed by atoms with E-state index in [0.717, 1.165) is 68.4 Å². The van der Waals surface area contributed by atoms with Gasteiger partial charge in [-0.1, -0.05) is 24.4 Å². The Hall–Kier alpha value is -4.33. The highest BCUT2D eigenvalue weighted by Gasteiger charge is 2.27. The Morgan fingerprint density at radius 1 is 1.11 bits per heavy atom. The highest BCUT2D eigenvalue weighted by Crippen LogP contribution is 2.35. The third-order valence-corrected chi connectivity index (χ3v) is 7.65. The number of rotatable bonds is 15. The van der Waals surface area contributed by atoms with Gasteiger partial charge in [0.05, 0.1) is 30.2 Å². The van der Waals surface area contributed by atoms with Gasteiger partial charge in [-0.15, -0.1) is 0 Å². The van der Waals surface area contributed by atoms with Gasteiger partial charge in [0, 0.05) is 61.4 Å². The van der Waals surface area contributed by atoms with Crippen molar-refractivity contribution in [2.45, 2.75) is 44.9 Å². The zero-order chi connectivity index (χ0) is 34.2. The van der Waals surface area contributed by atoms with Crippen molar-refractivity contribution in [2.24, 2.45) is 17.4 Å². The monoisotopic (exact) mass is 670 g/mol. The molecule has 0 saturated carbocycles. The number of aromatic nitrogens is 4. The summed E-state index contributed by atoms with van der Waals surface area (Å²) in [5.74, 6) is 2.08. The van der Waals surface area contributed by atoms with Gasteiger partial charge in [0.2, 0.25) is 5.91 Å². The van der Waals surface area contributed by atoms with Gasteiger partial charge in [0.15, 0.2) is 11.5 Å². The predicted octanol–water partition coefficient (Wildman–Crippen LogP) is 4.82. The lowest BCUT2D eigenvalue weighted by Crippen LogP contribution is -2.50. The van der Waals surface area contributed by atoms with E-state index in [1.54, 1.807) is 19.2 Å². The molecular formula is C33H44ClFN8O4. The summed E-state index contributed by atoms with van der Waals surface area (Å²) >= 11 is 5.92. The number of unbranched alkanes of at least 4 members (excludes halogenated alkanes) is 4. The second-order valence-electron chi connectivity index (χ2n) is 10.9. The topological polar surface area (TPSA) is 174 Å². The Bertz CT molecular complexity index is 1580. The minimum Gasteiger partial charge on any atom is -0.493 e. The van der Waals surface area contributed by atoms with Gasteiger partial charge in [0.25, 0.3) is 0 Å². The summed E-state index contributed by atoms with van der Waals surface area (Å²) in [6, 6.07) is 7.99. The van der Waals surface area contributed by atoms with Crippen molar-refractivity contribution in [3.63, 3.8) is 0 Å². The Morgan fingerprint density at radius 2 is 1.87 bits per heavy atom. The van der Waals surface area contributed by atoms with Gasteiger partial charge < -0.3 is 40.9 Å². The number of imidazole rings is 1. The molecule has 0 unspecified atom stereocenters. The molecule has 0 radical (unpaired) electrons. The van der Waals surface area contributed by atoms with Crippen LogP contribution in [0.4, 0.5) is 15.9 Å². The minimum absolute atomic E-state index is 0.0191. The van der Waals surface area contributed by atoms with Crippen LogP contribution in [0.15, 0.2) is 42.9 Å². The molecule has 0 bridgehead atoms. The van der Waals surface area contributed by atoms with Crippen LogP contribution in [-0.2, 0) is 22.4 Å². The number of primary amides is 1. The fourth-order valence-corrected chi connectivity index (χ4v) is 5.01. The number of carbonyl (C=O) groups is 2. The summed E-state index contributed by atoms with van der Waals surface area (Å²) in [5.41, 5.74) is 11.8. The standard InChI is InChI=1S/C27H29ClFN5O3.C5H10N2O.CH5N/c1-36-24-15-23-20(27(32-17-31-23)34-18-8-9-22(29)21(28)13-18)14-25(24)37-12-10-19-16-30-26(33-19)7-5-3-2-4-6-11-35;1-7-2-4(3-7)5(6)8;1-2/h8-9,11,13-17H,2-7,10,12H2,1H3,(H,30,33)(H,31,32,34);4H,2-3H2,1H3,(H2,6,8);2H2,1H3. The number of aromatic amines is 1. The van der Waals surface area contributed by atoms with E-state index in [0.29, 0.717) is 48.0 Å². The van der Waals surface area contributed by atoms with E-state index < -0.39 is 5.82 Å². The maximum Gasteiger partial charge on any atom is 0.223 e.